The van der Waals surface area contributed by atoms with E-state index in [1.807, 2.05) is 0 Å². The van der Waals surface area contributed by atoms with Gasteiger partial charge in [0.15, 0.2) is 5.69 Å². The molecule has 0 saturated heterocycles. The van der Waals surface area contributed by atoms with Crippen LogP contribution in [0.15, 0.2) is 51.1 Å². The minimum absolute atomic E-state index is 0.0299. The number of halogens is 3. The third-order valence-corrected chi connectivity index (χ3v) is 3.93. The fourth-order valence-electron chi connectivity index (χ4n) is 2.21. The van der Waals surface area contributed by atoms with Crippen LogP contribution in [-0.4, -0.2) is 16.0 Å². The van der Waals surface area contributed by atoms with Crippen LogP contribution in [0.25, 0.3) is 10.9 Å². The van der Waals surface area contributed by atoms with Crippen molar-refractivity contribution in [3.8, 4) is 5.88 Å². The number of carbonyl (C=O) groups excluding carboxylic acids is 1. The van der Waals surface area contributed by atoms with Gasteiger partial charge in [0.2, 0.25) is 5.88 Å². The van der Waals surface area contributed by atoms with Crippen molar-refractivity contribution in [2.45, 2.75) is 6.42 Å². The number of azo groups is 1. The van der Waals surface area contributed by atoms with Gasteiger partial charge >= 0.3 is 0 Å². The lowest BCUT2D eigenvalue weighted by molar-refractivity contribution is -0.117. The van der Waals surface area contributed by atoms with Gasteiger partial charge in [-0.05, 0) is 45.8 Å². The molecule has 3 aromatic rings. The van der Waals surface area contributed by atoms with Crippen LogP contribution in [0.4, 0.5) is 14.5 Å². The molecular formula is C16H10BrF2N3O2. The molecule has 8 heteroatoms. The number of nitrogens with one attached hydrogen (secondary N) is 1. The summed E-state index contributed by atoms with van der Waals surface area (Å²) < 4.78 is 26.7. The second kappa shape index (κ2) is 6.48. The van der Waals surface area contributed by atoms with Crippen LogP contribution in [0.3, 0.4) is 0 Å². The van der Waals surface area contributed by atoms with Crippen molar-refractivity contribution in [3.05, 3.63) is 58.1 Å². The highest BCUT2D eigenvalue weighted by molar-refractivity contribution is 9.10. The highest BCUT2D eigenvalue weighted by Gasteiger charge is 2.14. The molecule has 0 radical (unpaired) electrons. The highest BCUT2D eigenvalue weighted by Crippen LogP contribution is 2.39. The summed E-state index contributed by atoms with van der Waals surface area (Å²) in [5, 5.41) is 17.4. The van der Waals surface area contributed by atoms with E-state index in [9.17, 15) is 18.7 Å². The molecule has 0 saturated carbocycles. The smallest absolute Gasteiger partial charge is 0.269 e. The molecule has 0 bridgehead atoms. The summed E-state index contributed by atoms with van der Waals surface area (Å²) in [6.07, 6.45) is -0.0645. The summed E-state index contributed by atoms with van der Waals surface area (Å²) >= 11 is 3.17. The molecule has 1 amide bonds. The van der Waals surface area contributed by atoms with Crippen LogP contribution in [0.2, 0.25) is 0 Å². The molecule has 1 aromatic heterocycles. The Labute approximate surface area is 143 Å². The van der Waals surface area contributed by atoms with Gasteiger partial charge in [0.1, 0.15) is 11.6 Å². The quantitative estimate of drug-likeness (QED) is 0.628. The summed E-state index contributed by atoms with van der Waals surface area (Å²) in [5.41, 5.74) is 0.990. The Bertz CT molecular complexity index is 952. The van der Waals surface area contributed by atoms with E-state index in [2.05, 4.69) is 31.1 Å². The van der Waals surface area contributed by atoms with Gasteiger partial charge in [-0.2, -0.15) is 0 Å². The van der Waals surface area contributed by atoms with Gasteiger partial charge in [-0.3, -0.25) is 4.79 Å². The predicted octanol–water partition coefficient (Wildman–Crippen LogP) is 4.77. The van der Waals surface area contributed by atoms with E-state index in [0.29, 0.717) is 15.6 Å². The van der Waals surface area contributed by atoms with Crippen molar-refractivity contribution < 1.29 is 18.7 Å². The van der Waals surface area contributed by atoms with Gasteiger partial charge in [-0.1, -0.05) is 12.1 Å². The summed E-state index contributed by atoms with van der Waals surface area (Å²) in [7, 11) is 0. The normalized spacial score (nSPS) is 11.5. The van der Waals surface area contributed by atoms with Crippen molar-refractivity contribution >= 4 is 38.4 Å². The summed E-state index contributed by atoms with van der Waals surface area (Å²) in [6.45, 7) is 0. The number of aromatic nitrogens is 1. The molecule has 1 heterocycles. The van der Waals surface area contributed by atoms with Crippen LogP contribution < -0.4 is 0 Å². The molecule has 0 unspecified atom stereocenters. The van der Waals surface area contributed by atoms with Crippen molar-refractivity contribution in [1.29, 1.82) is 0 Å². The first-order chi connectivity index (χ1) is 11.4. The number of carbonyl (C=O) groups is 1. The standard InChI is InChI=1S/C16H10BrF2N3O2/c17-12-7-10(19)6-11-14(12)20-16(24)15(11)22-21-13(23)5-8-1-3-9(18)4-2-8/h1-4,6-7,20,24H,5H2. The number of fused-ring (bicyclic) bond motifs is 1. The molecule has 3 rings (SSSR count). The average molecular weight is 394 g/mol. The van der Waals surface area contributed by atoms with Gasteiger partial charge in [0, 0.05) is 9.86 Å². The maximum absolute atomic E-state index is 13.5. The molecular weight excluding hydrogens is 384 g/mol. The van der Waals surface area contributed by atoms with Crippen LogP contribution in [0.1, 0.15) is 5.56 Å². The largest absolute Gasteiger partial charge is 0.493 e. The average Bonchev–Trinajstić information content (AvgIpc) is 2.84. The maximum atomic E-state index is 13.5. The van der Waals surface area contributed by atoms with Gasteiger partial charge in [0.25, 0.3) is 5.91 Å². The number of hydrogen-bond acceptors (Lipinski definition) is 3. The second-order valence-electron chi connectivity index (χ2n) is 5.03. The van der Waals surface area contributed by atoms with Gasteiger partial charge < -0.3 is 10.1 Å². The van der Waals surface area contributed by atoms with E-state index in [-0.39, 0.29) is 23.4 Å². The fourth-order valence-corrected chi connectivity index (χ4v) is 2.74. The number of H-pyrrole nitrogens is 1. The van der Waals surface area contributed by atoms with Crippen LogP contribution in [-0.2, 0) is 11.2 Å². The zero-order valence-corrected chi connectivity index (χ0v) is 13.6. The first-order valence-corrected chi connectivity index (χ1v) is 7.62. The lowest BCUT2D eigenvalue weighted by Gasteiger charge is -1.97. The van der Waals surface area contributed by atoms with Crippen molar-refractivity contribution in [2.24, 2.45) is 10.2 Å². The first-order valence-electron chi connectivity index (χ1n) is 6.83. The fraction of sp³-hybridized carbons (Fsp3) is 0.0625. The number of aromatic amines is 1. The lowest BCUT2D eigenvalue weighted by atomic mass is 10.1. The van der Waals surface area contributed by atoms with Gasteiger partial charge in [-0.15, -0.1) is 10.2 Å². The Hall–Kier alpha value is -2.61. The van der Waals surface area contributed by atoms with E-state index >= 15 is 0 Å². The molecule has 0 aliphatic heterocycles. The molecule has 0 fully saturated rings. The summed E-state index contributed by atoms with van der Waals surface area (Å²) in [5.74, 6) is -1.83. The van der Waals surface area contributed by atoms with Crippen LogP contribution >= 0.6 is 15.9 Å². The summed E-state index contributed by atoms with van der Waals surface area (Å²) in [6, 6.07) is 7.84. The molecule has 2 aromatic carbocycles. The Morgan fingerprint density at radius 1 is 1.17 bits per heavy atom. The SMILES string of the molecule is O=C(Cc1ccc(F)cc1)N=Nc1c(O)[nH]c2c(Br)cc(F)cc12. The van der Waals surface area contributed by atoms with Crippen molar-refractivity contribution in [1.82, 2.24) is 4.98 Å². The molecule has 0 atom stereocenters. The predicted molar refractivity (Wildman–Crippen MR) is 87.2 cm³/mol. The number of aromatic hydroxyl groups is 1. The van der Waals surface area contributed by atoms with Crippen molar-refractivity contribution in [2.75, 3.05) is 0 Å². The monoisotopic (exact) mass is 393 g/mol. The number of amides is 1. The minimum atomic E-state index is -0.578. The molecule has 0 spiro atoms. The molecule has 0 aliphatic carbocycles. The van der Waals surface area contributed by atoms with Crippen LogP contribution in [0, 0.1) is 11.6 Å². The minimum Gasteiger partial charge on any atom is -0.493 e. The Kier molecular flexibility index (Phi) is 4.39. The third kappa shape index (κ3) is 3.33. The number of benzene rings is 2. The Balaban J connectivity index is 1.86. The summed E-state index contributed by atoms with van der Waals surface area (Å²) in [4.78, 5) is 14.5. The number of hydrogen-bond donors (Lipinski definition) is 2. The molecule has 5 nitrogen and oxygen atoms in total. The van der Waals surface area contributed by atoms with E-state index in [0.717, 1.165) is 0 Å². The van der Waals surface area contributed by atoms with E-state index in [1.165, 1.54) is 36.4 Å². The van der Waals surface area contributed by atoms with E-state index in [1.54, 1.807) is 0 Å². The third-order valence-electron chi connectivity index (χ3n) is 3.31. The van der Waals surface area contributed by atoms with Gasteiger partial charge in [0.05, 0.1) is 11.9 Å². The zero-order valence-electron chi connectivity index (χ0n) is 12.1. The molecule has 0 aliphatic rings. The van der Waals surface area contributed by atoms with Crippen LogP contribution in [0.5, 0.6) is 5.88 Å². The molecule has 2 N–H and O–H groups in total. The van der Waals surface area contributed by atoms with E-state index < -0.39 is 17.5 Å². The number of rotatable bonds is 3. The van der Waals surface area contributed by atoms with Gasteiger partial charge in [-0.25, -0.2) is 8.78 Å². The van der Waals surface area contributed by atoms with E-state index in [4.69, 9.17) is 0 Å². The second-order valence-corrected chi connectivity index (χ2v) is 5.88. The zero-order chi connectivity index (χ0) is 17.3. The number of nitrogens with zero attached hydrogens (tertiary/aromatic N) is 2. The molecule has 122 valence electrons. The highest BCUT2D eigenvalue weighted by atomic mass is 79.9. The molecule has 24 heavy (non-hydrogen) atoms. The van der Waals surface area contributed by atoms with Crippen molar-refractivity contribution in [3.63, 3.8) is 0 Å². The maximum Gasteiger partial charge on any atom is 0.269 e. The Morgan fingerprint density at radius 2 is 1.88 bits per heavy atom. The lowest BCUT2D eigenvalue weighted by Crippen LogP contribution is -1.97. The first kappa shape index (κ1) is 16.3. The topological polar surface area (TPSA) is 77.8 Å². The Morgan fingerprint density at radius 3 is 2.58 bits per heavy atom.